The summed E-state index contributed by atoms with van der Waals surface area (Å²) in [5.74, 6) is -0.587. The van der Waals surface area contributed by atoms with E-state index in [9.17, 15) is 23.9 Å². The minimum absolute atomic E-state index is 0.0472. The molecular weight excluding hydrogens is 506 g/mol. The molecule has 0 bridgehead atoms. The van der Waals surface area contributed by atoms with Crippen LogP contribution in [0.2, 0.25) is 0 Å². The fourth-order valence-corrected chi connectivity index (χ4v) is 7.08. The summed E-state index contributed by atoms with van der Waals surface area (Å²) in [6, 6.07) is 16.7. The first-order valence-corrected chi connectivity index (χ1v) is 14.4. The number of aryl methyl sites for hydroxylation is 1. The number of nitrogens with zero attached hydrogens (tertiary/aromatic N) is 2. The first-order chi connectivity index (χ1) is 18.1. The summed E-state index contributed by atoms with van der Waals surface area (Å²) in [5, 5.41) is 10.3. The van der Waals surface area contributed by atoms with E-state index in [2.05, 4.69) is 4.98 Å². The maximum absolute atomic E-state index is 13.0. The molecule has 204 valence electrons. The third-order valence-corrected chi connectivity index (χ3v) is 9.85. The minimum atomic E-state index is -3.35. The number of para-hydroxylation sites is 1. The number of nitrogens with one attached hydrogen (secondary N) is 1. The molecule has 10 heteroatoms. The topological polar surface area (TPSA) is 132 Å². The number of hydroxylamine groups is 1. The molecule has 2 atom stereocenters. The van der Waals surface area contributed by atoms with Crippen LogP contribution in [-0.4, -0.2) is 54.9 Å². The van der Waals surface area contributed by atoms with Crippen molar-refractivity contribution in [1.82, 2.24) is 15.4 Å². The SMILES string of the molecule is CCC(C)C(=O)N1CCS(O)(O)C(CC(=O)NO)(c2ccc(OCc3cc(C)nc4ccccc34)cc2)C1. The lowest BCUT2D eigenvalue weighted by Gasteiger charge is -2.56. The molecule has 38 heavy (non-hydrogen) atoms. The number of fused-ring (bicyclic) bond motifs is 1. The fourth-order valence-electron chi connectivity index (χ4n) is 4.98. The van der Waals surface area contributed by atoms with E-state index in [1.165, 1.54) is 0 Å². The third kappa shape index (κ3) is 5.49. The van der Waals surface area contributed by atoms with E-state index >= 15 is 0 Å². The molecule has 4 rings (SSSR count). The highest BCUT2D eigenvalue weighted by Crippen LogP contribution is 2.62. The van der Waals surface area contributed by atoms with Gasteiger partial charge in [0.05, 0.1) is 17.7 Å². The molecule has 4 N–H and O–H groups in total. The van der Waals surface area contributed by atoms with Crippen molar-refractivity contribution in [1.29, 1.82) is 0 Å². The molecule has 0 saturated carbocycles. The Morgan fingerprint density at radius 3 is 2.58 bits per heavy atom. The van der Waals surface area contributed by atoms with Crippen molar-refractivity contribution in [3.63, 3.8) is 0 Å². The summed E-state index contributed by atoms with van der Waals surface area (Å²) < 4.78 is 27.0. The maximum atomic E-state index is 13.0. The molecule has 9 nitrogen and oxygen atoms in total. The molecule has 2 amide bonds. The van der Waals surface area contributed by atoms with Crippen LogP contribution in [-0.2, 0) is 20.9 Å². The van der Waals surface area contributed by atoms with Gasteiger partial charge in [-0.05, 0) is 43.2 Å². The summed E-state index contributed by atoms with van der Waals surface area (Å²) in [5.41, 5.74) is 4.87. The van der Waals surface area contributed by atoms with Gasteiger partial charge in [-0.2, -0.15) is 10.6 Å². The summed E-state index contributed by atoms with van der Waals surface area (Å²) in [7, 11) is -3.35. The number of ether oxygens (including phenoxy) is 1. The van der Waals surface area contributed by atoms with Crippen LogP contribution in [0.25, 0.3) is 10.9 Å². The van der Waals surface area contributed by atoms with E-state index in [1.54, 1.807) is 34.6 Å². The second kappa shape index (κ2) is 11.3. The van der Waals surface area contributed by atoms with E-state index in [0.29, 0.717) is 24.3 Å². The van der Waals surface area contributed by atoms with Gasteiger partial charge in [0, 0.05) is 35.7 Å². The average molecular weight is 542 g/mol. The van der Waals surface area contributed by atoms with Crippen molar-refractivity contribution >= 4 is 33.3 Å². The van der Waals surface area contributed by atoms with Crippen LogP contribution in [0, 0.1) is 12.8 Å². The van der Waals surface area contributed by atoms with Gasteiger partial charge in [-0.25, -0.2) is 5.48 Å². The molecule has 1 fully saturated rings. The monoisotopic (exact) mass is 541 g/mol. The van der Waals surface area contributed by atoms with Gasteiger partial charge < -0.3 is 9.64 Å². The molecule has 1 aromatic heterocycles. The van der Waals surface area contributed by atoms with Crippen LogP contribution in [0.4, 0.5) is 0 Å². The van der Waals surface area contributed by atoms with Gasteiger partial charge in [0.15, 0.2) is 0 Å². The Hall–Kier alpha value is -3.18. The van der Waals surface area contributed by atoms with Crippen molar-refractivity contribution in [2.75, 3.05) is 18.8 Å². The Morgan fingerprint density at radius 1 is 1.18 bits per heavy atom. The van der Waals surface area contributed by atoms with Crippen LogP contribution in [0.3, 0.4) is 0 Å². The Balaban J connectivity index is 1.63. The number of carbonyl (C=O) groups excluding carboxylic acids is 2. The van der Waals surface area contributed by atoms with Crippen LogP contribution in [0.1, 0.15) is 43.5 Å². The third-order valence-electron chi connectivity index (χ3n) is 7.34. The fraction of sp³-hybridized carbons (Fsp3) is 0.393. The smallest absolute Gasteiger partial charge is 0.245 e. The van der Waals surface area contributed by atoms with Gasteiger partial charge in [0.2, 0.25) is 11.8 Å². The Bertz CT molecular complexity index is 1320. The second-order valence-electron chi connectivity index (χ2n) is 9.90. The Kier molecular flexibility index (Phi) is 8.27. The average Bonchev–Trinajstić information content (AvgIpc) is 2.92. The quantitative estimate of drug-likeness (QED) is 0.237. The summed E-state index contributed by atoms with van der Waals surface area (Å²) in [6.45, 7) is 6.14. The molecule has 2 heterocycles. The van der Waals surface area contributed by atoms with E-state index in [-0.39, 0.29) is 30.7 Å². The zero-order valence-electron chi connectivity index (χ0n) is 21.9. The highest BCUT2D eigenvalue weighted by atomic mass is 32.3. The second-order valence-corrected chi connectivity index (χ2v) is 12.4. The molecule has 3 aromatic rings. The number of benzene rings is 2. The molecule has 2 aromatic carbocycles. The zero-order valence-corrected chi connectivity index (χ0v) is 22.7. The van der Waals surface area contributed by atoms with Crippen LogP contribution in [0.15, 0.2) is 54.6 Å². The van der Waals surface area contributed by atoms with Crippen LogP contribution >= 0.6 is 10.6 Å². The predicted molar refractivity (Wildman–Crippen MR) is 147 cm³/mol. The lowest BCUT2D eigenvalue weighted by atomic mass is 9.92. The molecular formula is C28H35N3O6S. The van der Waals surface area contributed by atoms with Crippen LogP contribution in [0.5, 0.6) is 5.75 Å². The number of amides is 2. The van der Waals surface area contributed by atoms with E-state index < -0.39 is 27.7 Å². The molecule has 1 aliphatic rings. The number of rotatable bonds is 8. The molecule has 0 spiro atoms. The number of carbonyl (C=O) groups is 2. The van der Waals surface area contributed by atoms with E-state index in [4.69, 9.17) is 4.74 Å². The number of hydrogen-bond acceptors (Lipinski definition) is 7. The van der Waals surface area contributed by atoms with Gasteiger partial charge in [-0.3, -0.25) is 28.9 Å². The Labute approximate surface area is 224 Å². The van der Waals surface area contributed by atoms with Crippen molar-refractivity contribution in [3.8, 4) is 5.75 Å². The molecule has 1 saturated heterocycles. The number of pyridine rings is 1. The highest BCUT2D eigenvalue weighted by molar-refractivity contribution is 8.25. The maximum Gasteiger partial charge on any atom is 0.245 e. The van der Waals surface area contributed by atoms with Gasteiger partial charge in [0.25, 0.3) is 0 Å². The molecule has 1 aliphatic heterocycles. The molecule has 0 aliphatic carbocycles. The first-order valence-electron chi connectivity index (χ1n) is 12.7. The van der Waals surface area contributed by atoms with Gasteiger partial charge in [0.1, 0.15) is 17.1 Å². The van der Waals surface area contributed by atoms with Crippen molar-refractivity contribution in [2.24, 2.45) is 5.92 Å². The Morgan fingerprint density at radius 2 is 1.89 bits per heavy atom. The lowest BCUT2D eigenvalue weighted by Crippen LogP contribution is -2.55. The number of hydrogen-bond donors (Lipinski definition) is 4. The number of aromatic nitrogens is 1. The summed E-state index contributed by atoms with van der Waals surface area (Å²) >= 11 is 0. The normalized spacial score (nSPS) is 20.5. The first kappa shape index (κ1) is 27.8. The van der Waals surface area contributed by atoms with E-state index in [1.807, 2.05) is 51.1 Å². The zero-order chi connectivity index (χ0) is 27.5. The summed E-state index contributed by atoms with van der Waals surface area (Å²) in [4.78, 5) is 31.5. The molecule has 0 radical (unpaired) electrons. The van der Waals surface area contributed by atoms with Gasteiger partial charge in [-0.15, -0.1) is 0 Å². The van der Waals surface area contributed by atoms with Crippen molar-refractivity contribution in [3.05, 3.63) is 71.4 Å². The van der Waals surface area contributed by atoms with Crippen molar-refractivity contribution in [2.45, 2.75) is 45.0 Å². The van der Waals surface area contributed by atoms with Gasteiger partial charge >= 0.3 is 0 Å². The highest BCUT2D eigenvalue weighted by Gasteiger charge is 2.51. The van der Waals surface area contributed by atoms with Crippen LogP contribution < -0.4 is 10.2 Å². The lowest BCUT2D eigenvalue weighted by molar-refractivity contribution is -0.137. The molecule has 2 unspecified atom stereocenters. The standard InChI is InChI=1S/C28H35N3O6S/c1-4-19(2)27(33)31-13-14-38(35,36)28(18-31,16-26(32)30-34)22-9-11-23(12-10-22)37-17-21-15-20(3)29-25-8-6-5-7-24(21)25/h5-12,15,19,34-36H,4,13-14,16-18H2,1-3H3,(H,30,32). The minimum Gasteiger partial charge on any atom is -0.489 e. The largest absolute Gasteiger partial charge is 0.489 e. The van der Waals surface area contributed by atoms with Crippen molar-refractivity contribution < 1.29 is 28.6 Å². The van der Waals surface area contributed by atoms with Gasteiger partial charge in [-0.1, -0.05) is 44.2 Å². The predicted octanol–water partition coefficient (Wildman–Crippen LogP) is 4.85. The summed E-state index contributed by atoms with van der Waals surface area (Å²) in [6.07, 6.45) is 0.257. The van der Waals surface area contributed by atoms with E-state index in [0.717, 1.165) is 22.2 Å².